The van der Waals surface area contributed by atoms with Crippen molar-refractivity contribution in [3.63, 3.8) is 0 Å². The van der Waals surface area contributed by atoms with Gasteiger partial charge in [0.25, 0.3) is 0 Å². The molecule has 5 rings (SSSR count). The second kappa shape index (κ2) is 12.6. The Balaban J connectivity index is 1.38. The first-order valence-corrected chi connectivity index (χ1v) is 15.5. The summed E-state index contributed by atoms with van der Waals surface area (Å²) in [6.45, 7) is 4.36. The number of thiazole rings is 1. The summed E-state index contributed by atoms with van der Waals surface area (Å²) in [5, 5.41) is 28.1. The number of carbonyl (C=O) groups excluding carboxylic acids is 2. The molecule has 43 heavy (non-hydrogen) atoms. The molecule has 0 radical (unpaired) electrons. The van der Waals surface area contributed by atoms with Gasteiger partial charge in [-0.15, -0.1) is 11.3 Å². The number of methoxy groups -OCH3 is 2. The first-order chi connectivity index (χ1) is 20.6. The fourth-order valence-corrected chi connectivity index (χ4v) is 8.08. The number of ether oxygens (including phenoxy) is 2. The van der Waals surface area contributed by atoms with Crippen molar-refractivity contribution in [1.82, 2.24) is 10.3 Å². The lowest BCUT2D eigenvalue weighted by Gasteiger charge is -2.58. The number of rotatable bonds is 10. The molecule has 1 aromatic heterocycles. The van der Waals surface area contributed by atoms with Crippen molar-refractivity contribution in [1.29, 1.82) is 0 Å². The van der Waals surface area contributed by atoms with E-state index in [9.17, 15) is 19.8 Å². The Bertz CT molecular complexity index is 1440. The van der Waals surface area contributed by atoms with E-state index < -0.39 is 11.5 Å². The number of carbonyl (C=O) groups is 2. The van der Waals surface area contributed by atoms with Gasteiger partial charge in [0.05, 0.1) is 39.0 Å². The molecule has 1 heterocycles. The van der Waals surface area contributed by atoms with Gasteiger partial charge in [-0.25, -0.2) is 4.98 Å². The highest BCUT2D eigenvalue weighted by molar-refractivity contribution is 7.15. The van der Waals surface area contributed by atoms with Crippen LogP contribution in [-0.2, 0) is 29.0 Å². The zero-order chi connectivity index (χ0) is 30.8. The van der Waals surface area contributed by atoms with Crippen LogP contribution in [0, 0.1) is 16.7 Å². The van der Waals surface area contributed by atoms with Gasteiger partial charge in [-0.2, -0.15) is 0 Å². The summed E-state index contributed by atoms with van der Waals surface area (Å²) in [6, 6.07) is 14.9. The monoisotopic (exact) mass is 607 g/mol. The Hall–Kier alpha value is -3.47. The normalized spacial score (nSPS) is 26.1. The van der Waals surface area contributed by atoms with Gasteiger partial charge in [0.2, 0.25) is 11.8 Å². The number of aliphatic hydroxyl groups is 2. The SMILES string of the molecule is COc1ccc(CNC(=O)CC2c3nc(NC(=O)Cc4ccc(OC)cc4)sc3CC3C(C)(CO)C(O)CCC23C)cc1. The van der Waals surface area contributed by atoms with Crippen LogP contribution in [0.1, 0.15) is 60.7 Å². The van der Waals surface area contributed by atoms with Crippen LogP contribution in [0.4, 0.5) is 5.13 Å². The maximum atomic E-state index is 13.4. The predicted octanol–water partition coefficient (Wildman–Crippen LogP) is 4.46. The first kappa shape index (κ1) is 31.0. The third kappa shape index (κ3) is 6.27. The van der Waals surface area contributed by atoms with E-state index in [4.69, 9.17) is 14.5 Å². The Kier molecular flexibility index (Phi) is 9.10. The van der Waals surface area contributed by atoms with Crippen LogP contribution in [0.5, 0.6) is 11.5 Å². The molecule has 5 unspecified atom stereocenters. The average Bonchev–Trinajstić information content (AvgIpc) is 3.41. The number of aliphatic hydroxyl groups excluding tert-OH is 2. The third-order valence-electron chi connectivity index (χ3n) is 9.70. The molecule has 2 aliphatic carbocycles. The molecule has 230 valence electrons. The van der Waals surface area contributed by atoms with E-state index >= 15 is 0 Å². The van der Waals surface area contributed by atoms with Crippen molar-refractivity contribution in [3.05, 3.63) is 70.2 Å². The lowest BCUT2D eigenvalue weighted by molar-refractivity contribution is -0.144. The summed E-state index contributed by atoms with van der Waals surface area (Å²) < 4.78 is 10.4. The molecule has 4 N–H and O–H groups in total. The zero-order valence-electron chi connectivity index (χ0n) is 25.2. The molecule has 3 aromatic rings. The quantitative estimate of drug-likeness (QED) is 0.268. The van der Waals surface area contributed by atoms with Crippen LogP contribution >= 0.6 is 11.3 Å². The number of nitrogens with zero attached hydrogens (tertiary/aromatic N) is 1. The Morgan fingerprint density at radius 2 is 1.63 bits per heavy atom. The number of nitrogens with one attached hydrogen (secondary N) is 2. The molecule has 2 aliphatic rings. The standard InChI is InChI=1S/C33H41N3O6S/c1-32-14-13-27(38)33(2,19-37)26(32)17-25-30(24(32)16-28(39)34-18-21-7-11-23(42-4)12-8-21)36-31(43-25)35-29(40)15-20-5-9-22(41-3)10-6-20/h5-12,24,26-27,37-38H,13-19H2,1-4H3,(H,34,39)(H,35,36,40). The minimum absolute atomic E-state index is 0.0658. The number of hydrogen-bond acceptors (Lipinski definition) is 8. The maximum absolute atomic E-state index is 13.4. The van der Waals surface area contributed by atoms with Gasteiger partial charge >= 0.3 is 0 Å². The summed E-state index contributed by atoms with van der Waals surface area (Å²) in [6.07, 6.45) is 1.64. The van der Waals surface area contributed by atoms with Crippen molar-refractivity contribution in [2.24, 2.45) is 16.7 Å². The van der Waals surface area contributed by atoms with Crippen molar-refractivity contribution >= 4 is 28.3 Å². The molecule has 0 spiro atoms. The van der Waals surface area contributed by atoms with E-state index in [0.717, 1.165) is 33.2 Å². The van der Waals surface area contributed by atoms with Gasteiger partial charge < -0.3 is 30.3 Å². The van der Waals surface area contributed by atoms with E-state index in [2.05, 4.69) is 17.6 Å². The van der Waals surface area contributed by atoms with E-state index in [1.807, 2.05) is 55.5 Å². The Labute approximate surface area is 256 Å². The minimum Gasteiger partial charge on any atom is -0.497 e. The minimum atomic E-state index is -0.718. The van der Waals surface area contributed by atoms with Gasteiger partial charge in [0.15, 0.2) is 5.13 Å². The van der Waals surface area contributed by atoms with Gasteiger partial charge in [-0.1, -0.05) is 38.1 Å². The highest BCUT2D eigenvalue weighted by Crippen LogP contribution is 2.62. The van der Waals surface area contributed by atoms with Gasteiger partial charge in [-0.3, -0.25) is 9.59 Å². The summed E-state index contributed by atoms with van der Waals surface area (Å²) in [5.41, 5.74) is 1.56. The molecule has 0 aliphatic heterocycles. The van der Waals surface area contributed by atoms with E-state index in [1.165, 1.54) is 11.3 Å². The molecule has 1 fully saturated rings. The highest BCUT2D eigenvalue weighted by Gasteiger charge is 2.59. The van der Waals surface area contributed by atoms with Crippen LogP contribution in [0.3, 0.4) is 0 Å². The first-order valence-electron chi connectivity index (χ1n) is 14.7. The van der Waals surface area contributed by atoms with Crippen LogP contribution in [-0.4, -0.2) is 53.9 Å². The molecule has 1 saturated carbocycles. The molecular weight excluding hydrogens is 566 g/mol. The summed E-state index contributed by atoms with van der Waals surface area (Å²) >= 11 is 1.42. The van der Waals surface area contributed by atoms with Gasteiger partial charge in [-0.05, 0) is 66.0 Å². The third-order valence-corrected chi connectivity index (χ3v) is 10.7. The number of aromatic nitrogens is 1. The second-order valence-corrected chi connectivity index (χ2v) is 13.3. The topological polar surface area (TPSA) is 130 Å². The number of amides is 2. The fraction of sp³-hybridized carbons (Fsp3) is 0.485. The molecule has 10 heteroatoms. The smallest absolute Gasteiger partial charge is 0.230 e. The number of fused-ring (bicyclic) bond motifs is 2. The number of benzene rings is 2. The summed E-state index contributed by atoms with van der Waals surface area (Å²) in [5.74, 6) is 0.909. The summed E-state index contributed by atoms with van der Waals surface area (Å²) in [4.78, 5) is 32.3. The molecule has 5 atom stereocenters. The van der Waals surface area contributed by atoms with E-state index in [-0.39, 0.29) is 48.5 Å². The molecule has 0 saturated heterocycles. The lowest BCUT2D eigenvalue weighted by Crippen LogP contribution is -2.57. The van der Waals surface area contributed by atoms with Crippen molar-refractivity contribution in [2.75, 3.05) is 26.1 Å². The van der Waals surface area contributed by atoms with Gasteiger partial charge in [0.1, 0.15) is 11.5 Å². The van der Waals surface area contributed by atoms with Crippen LogP contribution in [0.2, 0.25) is 0 Å². The van der Waals surface area contributed by atoms with E-state index in [1.54, 1.807) is 14.2 Å². The average molecular weight is 608 g/mol. The lowest BCUT2D eigenvalue weighted by atomic mass is 9.47. The Morgan fingerprint density at radius 1 is 1.00 bits per heavy atom. The van der Waals surface area contributed by atoms with Crippen molar-refractivity contribution in [3.8, 4) is 11.5 Å². The fourth-order valence-electron chi connectivity index (χ4n) is 6.99. The molecule has 9 nitrogen and oxygen atoms in total. The van der Waals surface area contributed by atoms with E-state index in [0.29, 0.717) is 30.9 Å². The largest absolute Gasteiger partial charge is 0.497 e. The number of hydrogen-bond donors (Lipinski definition) is 4. The van der Waals surface area contributed by atoms with Crippen LogP contribution < -0.4 is 20.1 Å². The Morgan fingerprint density at radius 3 is 2.23 bits per heavy atom. The summed E-state index contributed by atoms with van der Waals surface area (Å²) in [7, 11) is 3.22. The molecule has 0 bridgehead atoms. The molecule has 2 amide bonds. The predicted molar refractivity (Wildman–Crippen MR) is 165 cm³/mol. The maximum Gasteiger partial charge on any atom is 0.230 e. The van der Waals surface area contributed by atoms with Crippen molar-refractivity contribution in [2.45, 2.75) is 64.5 Å². The second-order valence-electron chi connectivity index (χ2n) is 12.3. The molecule has 2 aromatic carbocycles. The van der Waals surface area contributed by atoms with Crippen LogP contribution in [0.25, 0.3) is 0 Å². The van der Waals surface area contributed by atoms with Crippen molar-refractivity contribution < 1.29 is 29.3 Å². The molecular formula is C33H41N3O6S. The van der Waals surface area contributed by atoms with Crippen LogP contribution in [0.15, 0.2) is 48.5 Å². The highest BCUT2D eigenvalue weighted by atomic mass is 32.1. The van der Waals surface area contributed by atoms with Gasteiger partial charge in [0, 0.05) is 29.2 Å². The number of anilines is 1. The zero-order valence-corrected chi connectivity index (χ0v) is 26.0.